The van der Waals surface area contributed by atoms with E-state index >= 15 is 0 Å². The number of thiazole rings is 1. The minimum Gasteiger partial charge on any atom is -0.489 e. The van der Waals surface area contributed by atoms with Gasteiger partial charge in [0.1, 0.15) is 35.5 Å². The summed E-state index contributed by atoms with van der Waals surface area (Å²) >= 11 is 1.35. The number of imidazole rings is 1. The standard InChI is InChI=1S/C27H23FN4O4S/c1-27(2,35)11-10-16-4-9-23-21(12-16)31(3)25(34)20(14-36-23)29-24(33)19-13-32-22(15-37-26(32)30-19)17-5-7-18(28)8-6-17/h4-9,12-13,15,20,35H,14H2,1-3H3,(H,29,33)/t20-/m0/s1. The van der Waals surface area contributed by atoms with Crippen molar-refractivity contribution in [1.82, 2.24) is 14.7 Å². The molecule has 0 aliphatic carbocycles. The van der Waals surface area contributed by atoms with Crippen LogP contribution in [0.15, 0.2) is 54.0 Å². The number of hydrogen-bond donors (Lipinski definition) is 2. The molecule has 0 bridgehead atoms. The Bertz CT molecular complexity index is 1570. The van der Waals surface area contributed by atoms with Crippen LogP contribution in [0.2, 0.25) is 0 Å². The van der Waals surface area contributed by atoms with Crippen molar-refractivity contribution in [3.8, 4) is 28.8 Å². The number of anilines is 1. The zero-order chi connectivity index (χ0) is 26.3. The van der Waals surface area contributed by atoms with Gasteiger partial charge in [0.2, 0.25) is 0 Å². The lowest BCUT2D eigenvalue weighted by molar-refractivity contribution is -0.120. The lowest BCUT2D eigenvalue weighted by Gasteiger charge is -2.20. The molecule has 1 aliphatic heterocycles. The summed E-state index contributed by atoms with van der Waals surface area (Å²) in [6, 6.07) is 10.3. The molecule has 3 heterocycles. The number of aromatic nitrogens is 2. The molecule has 1 atom stereocenters. The minimum atomic E-state index is -1.15. The Balaban J connectivity index is 1.35. The van der Waals surface area contributed by atoms with Crippen LogP contribution >= 0.6 is 11.3 Å². The highest BCUT2D eigenvalue weighted by Crippen LogP contribution is 2.32. The van der Waals surface area contributed by atoms with Gasteiger partial charge in [-0.25, -0.2) is 9.37 Å². The summed E-state index contributed by atoms with van der Waals surface area (Å²) in [4.78, 5) is 32.6. The summed E-state index contributed by atoms with van der Waals surface area (Å²) in [5.74, 6) is 4.92. The van der Waals surface area contributed by atoms with Gasteiger partial charge in [-0.3, -0.25) is 14.0 Å². The number of benzene rings is 2. The highest BCUT2D eigenvalue weighted by molar-refractivity contribution is 7.15. The van der Waals surface area contributed by atoms with Crippen molar-refractivity contribution in [2.45, 2.75) is 25.5 Å². The van der Waals surface area contributed by atoms with Gasteiger partial charge in [0.15, 0.2) is 4.96 Å². The van der Waals surface area contributed by atoms with Gasteiger partial charge in [-0.2, -0.15) is 0 Å². The third-order valence-electron chi connectivity index (χ3n) is 5.75. The van der Waals surface area contributed by atoms with Crippen LogP contribution in [0.5, 0.6) is 5.75 Å². The summed E-state index contributed by atoms with van der Waals surface area (Å²) < 4.78 is 20.9. The number of ether oxygens (including phenoxy) is 1. The van der Waals surface area contributed by atoms with E-state index in [1.54, 1.807) is 61.8 Å². The van der Waals surface area contributed by atoms with E-state index in [1.165, 1.54) is 28.4 Å². The normalized spacial score (nSPS) is 15.4. The Morgan fingerprint density at radius 2 is 2.03 bits per heavy atom. The molecule has 1 aliphatic rings. The van der Waals surface area contributed by atoms with Gasteiger partial charge in [0, 0.05) is 24.2 Å². The Morgan fingerprint density at radius 1 is 1.27 bits per heavy atom. The van der Waals surface area contributed by atoms with Gasteiger partial charge < -0.3 is 20.1 Å². The number of carbonyl (C=O) groups is 2. The number of aliphatic hydroxyl groups is 1. The van der Waals surface area contributed by atoms with E-state index in [9.17, 15) is 19.1 Å². The summed E-state index contributed by atoms with van der Waals surface area (Å²) in [6.07, 6.45) is 1.59. The molecule has 0 fully saturated rings. The van der Waals surface area contributed by atoms with Gasteiger partial charge in [-0.15, -0.1) is 11.3 Å². The average molecular weight is 519 g/mol. The van der Waals surface area contributed by atoms with Crippen molar-refractivity contribution in [1.29, 1.82) is 0 Å². The first-order valence-electron chi connectivity index (χ1n) is 11.4. The molecule has 37 heavy (non-hydrogen) atoms. The van der Waals surface area contributed by atoms with Crippen LogP contribution in [0.1, 0.15) is 29.9 Å². The zero-order valence-corrected chi connectivity index (χ0v) is 21.1. The smallest absolute Gasteiger partial charge is 0.272 e. The van der Waals surface area contributed by atoms with Crippen molar-refractivity contribution in [3.05, 3.63) is 71.1 Å². The molecule has 5 rings (SSSR count). The van der Waals surface area contributed by atoms with Crippen LogP contribution in [-0.2, 0) is 4.79 Å². The molecular weight excluding hydrogens is 495 g/mol. The predicted molar refractivity (Wildman–Crippen MR) is 138 cm³/mol. The highest BCUT2D eigenvalue weighted by Gasteiger charge is 2.31. The molecule has 0 unspecified atom stereocenters. The number of rotatable bonds is 3. The number of nitrogens with zero attached hydrogens (tertiary/aromatic N) is 3. The minimum absolute atomic E-state index is 0.0559. The summed E-state index contributed by atoms with van der Waals surface area (Å²) in [6.45, 7) is 3.12. The number of nitrogens with one attached hydrogen (secondary N) is 1. The van der Waals surface area contributed by atoms with E-state index in [0.717, 1.165) is 11.3 Å². The maximum atomic E-state index is 13.3. The first kappa shape index (κ1) is 24.5. The Kier molecular flexibility index (Phi) is 6.19. The SMILES string of the molecule is CN1C(=O)[C@@H](NC(=O)c2cn3c(-c4ccc(F)cc4)csc3n2)COc2ccc(C#CC(C)(C)O)cc21. The lowest BCUT2D eigenvalue weighted by atomic mass is 10.1. The molecule has 2 aromatic carbocycles. The van der Waals surface area contributed by atoms with Gasteiger partial charge >= 0.3 is 0 Å². The Morgan fingerprint density at radius 3 is 2.76 bits per heavy atom. The predicted octanol–water partition coefficient (Wildman–Crippen LogP) is 3.48. The third-order valence-corrected chi connectivity index (χ3v) is 6.59. The molecule has 8 nitrogen and oxygen atoms in total. The number of hydrogen-bond acceptors (Lipinski definition) is 6. The van der Waals surface area contributed by atoms with Crippen LogP contribution in [0.4, 0.5) is 10.1 Å². The zero-order valence-electron chi connectivity index (χ0n) is 20.3. The maximum Gasteiger partial charge on any atom is 0.272 e. The van der Waals surface area contributed by atoms with Crippen LogP contribution < -0.4 is 15.0 Å². The van der Waals surface area contributed by atoms with Crippen LogP contribution in [-0.4, -0.2) is 51.6 Å². The Labute approximate surface area is 216 Å². The van der Waals surface area contributed by atoms with Gasteiger partial charge in [-0.05, 0) is 61.9 Å². The summed E-state index contributed by atoms with van der Waals surface area (Å²) in [5, 5.41) is 14.5. The number of carbonyl (C=O) groups excluding carboxylic acids is 2. The van der Waals surface area contributed by atoms with E-state index in [4.69, 9.17) is 4.74 Å². The first-order valence-corrected chi connectivity index (χ1v) is 12.3. The monoisotopic (exact) mass is 518 g/mol. The van der Waals surface area contributed by atoms with Crippen molar-refractivity contribution in [2.24, 2.45) is 0 Å². The van der Waals surface area contributed by atoms with E-state index in [-0.39, 0.29) is 24.0 Å². The maximum absolute atomic E-state index is 13.3. The van der Waals surface area contributed by atoms with Crippen LogP contribution in [0.25, 0.3) is 16.2 Å². The number of fused-ring (bicyclic) bond motifs is 2. The number of amides is 2. The Hall–Kier alpha value is -4.20. The quantitative estimate of drug-likeness (QED) is 0.405. The highest BCUT2D eigenvalue weighted by atomic mass is 32.1. The summed E-state index contributed by atoms with van der Waals surface area (Å²) in [5.41, 5.74) is 1.69. The molecule has 4 aromatic rings. The summed E-state index contributed by atoms with van der Waals surface area (Å²) in [7, 11) is 1.60. The molecule has 0 saturated carbocycles. The molecule has 0 spiro atoms. The van der Waals surface area contributed by atoms with E-state index in [1.807, 2.05) is 5.38 Å². The fourth-order valence-corrected chi connectivity index (χ4v) is 4.74. The fraction of sp³-hybridized carbons (Fsp3) is 0.222. The fourth-order valence-electron chi connectivity index (χ4n) is 3.86. The van der Waals surface area contributed by atoms with Crippen molar-refractivity contribution >= 4 is 33.8 Å². The molecule has 0 radical (unpaired) electrons. The molecule has 188 valence electrons. The second-order valence-corrected chi connectivity index (χ2v) is 9.97. The largest absolute Gasteiger partial charge is 0.489 e. The lowest BCUT2D eigenvalue weighted by Crippen LogP contribution is -2.49. The molecule has 2 N–H and O–H groups in total. The van der Waals surface area contributed by atoms with Gasteiger partial charge in [0.25, 0.3) is 11.8 Å². The van der Waals surface area contributed by atoms with Crippen molar-refractivity contribution < 1.29 is 23.8 Å². The van der Waals surface area contributed by atoms with E-state index in [2.05, 4.69) is 22.1 Å². The van der Waals surface area contributed by atoms with Gasteiger partial charge in [0.05, 0.1) is 11.4 Å². The molecule has 2 aromatic heterocycles. The van der Waals surface area contributed by atoms with Gasteiger partial charge in [-0.1, -0.05) is 11.8 Å². The van der Waals surface area contributed by atoms with Crippen molar-refractivity contribution in [2.75, 3.05) is 18.6 Å². The number of likely N-dealkylation sites (N-methyl/N-ethyl adjacent to an activating group) is 1. The topological polar surface area (TPSA) is 96.2 Å². The molecular formula is C27H23FN4O4S. The second-order valence-electron chi connectivity index (χ2n) is 9.13. The molecule has 10 heteroatoms. The van der Waals surface area contributed by atoms with Crippen LogP contribution in [0, 0.1) is 17.7 Å². The van der Waals surface area contributed by atoms with Crippen molar-refractivity contribution in [3.63, 3.8) is 0 Å². The van der Waals surface area contributed by atoms with Crippen LogP contribution in [0.3, 0.4) is 0 Å². The van der Waals surface area contributed by atoms with E-state index < -0.39 is 17.6 Å². The van der Waals surface area contributed by atoms with E-state index in [0.29, 0.717) is 22.0 Å². The third kappa shape index (κ3) is 5.05. The number of halogens is 1. The second kappa shape index (κ2) is 9.35. The first-order chi connectivity index (χ1) is 17.6. The molecule has 0 saturated heterocycles. The molecule has 2 amide bonds. The average Bonchev–Trinajstić information content (AvgIpc) is 3.43.